The summed E-state index contributed by atoms with van der Waals surface area (Å²) >= 11 is 0. The first-order valence-electron chi connectivity index (χ1n) is 21.7. The van der Waals surface area contributed by atoms with Gasteiger partial charge in [0.1, 0.15) is 19.3 Å². The Morgan fingerprint density at radius 2 is 1.06 bits per heavy atom. The van der Waals surface area contributed by atoms with Crippen LogP contribution in [0.3, 0.4) is 0 Å². The minimum Gasteiger partial charge on any atom is -0.756 e. The zero-order valence-corrected chi connectivity index (χ0v) is 36.1. The molecule has 2 atom stereocenters. The number of rotatable bonds is 40. The van der Waals surface area contributed by atoms with Crippen molar-refractivity contribution >= 4 is 13.8 Å². The van der Waals surface area contributed by atoms with Crippen LogP contribution in [-0.2, 0) is 27.9 Å². The molecule has 9 heteroatoms. The van der Waals surface area contributed by atoms with Gasteiger partial charge in [0.2, 0.25) is 0 Å². The number of unbranched alkanes of at least 4 members (excludes halogenated alkanes) is 20. The highest BCUT2D eigenvalue weighted by Gasteiger charge is 2.20. The molecule has 0 aromatic carbocycles. The third-order valence-corrected chi connectivity index (χ3v) is 10.1. The summed E-state index contributed by atoms with van der Waals surface area (Å²) in [5, 5.41) is 0. The SMILES string of the molecule is CCCC/C=C\C/C=C\CCCCCCCCOCC(COP(=O)([O-])OCC[N+](C)(C)C)OC(=O)CCCCCCC/C=C\CCCCCCCCC. The summed E-state index contributed by atoms with van der Waals surface area (Å²) in [6.07, 6.45) is 42.9. The fourth-order valence-electron chi connectivity index (χ4n) is 5.73. The average molecular weight is 770 g/mol. The van der Waals surface area contributed by atoms with Crippen molar-refractivity contribution < 1.29 is 37.3 Å². The highest BCUT2D eigenvalue weighted by Crippen LogP contribution is 2.38. The molecular weight excluding hydrogens is 685 g/mol. The van der Waals surface area contributed by atoms with Crippen molar-refractivity contribution in [2.75, 3.05) is 54.1 Å². The van der Waals surface area contributed by atoms with Gasteiger partial charge >= 0.3 is 5.97 Å². The molecule has 0 spiro atoms. The summed E-state index contributed by atoms with van der Waals surface area (Å²) in [5.74, 6) is -0.347. The van der Waals surface area contributed by atoms with Crippen LogP contribution in [0.5, 0.6) is 0 Å². The maximum atomic E-state index is 12.7. The predicted octanol–water partition coefficient (Wildman–Crippen LogP) is 12.0. The van der Waals surface area contributed by atoms with Crippen LogP contribution in [0.15, 0.2) is 36.5 Å². The van der Waals surface area contributed by atoms with E-state index in [-0.39, 0.29) is 25.8 Å². The summed E-state index contributed by atoms with van der Waals surface area (Å²) in [6, 6.07) is 0. The molecule has 0 saturated carbocycles. The Morgan fingerprint density at radius 1 is 0.585 bits per heavy atom. The number of ether oxygens (including phenoxy) is 2. The van der Waals surface area contributed by atoms with E-state index in [1.807, 2.05) is 21.1 Å². The average Bonchev–Trinajstić information content (AvgIpc) is 3.11. The second kappa shape index (κ2) is 37.6. The molecule has 0 aliphatic heterocycles. The molecule has 0 bridgehead atoms. The molecule has 0 amide bonds. The van der Waals surface area contributed by atoms with E-state index in [0.717, 1.165) is 64.2 Å². The quantitative estimate of drug-likeness (QED) is 0.0201. The Bertz CT molecular complexity index is 947. The Morgan fingerprint density at radius 3 is 1.60 bits per heavy atom. The third kappa shape index (κ3) is 41.7. The maximum absolute atomic E-state index is 12.7. The van der Waals surface area contributed by atoms with Crippen molar-refractivity contribution in [1.82, 2.24) is 0 Å². The smallest absolute Gasteiger partial charge is 0.306 e. The van der Waals surface area contributed by atoms with E-state index in [4.69, 9.17) is 18.5 Å². The van der Waals surface area contributed by atoms with Gasteiger partial charge < -0.3 is 27.9 Å². The lowest BCUT2D eigenvalue weighted by atomic mass is 10.1. The Kier molecular flexibility index (Phi) is 36.7. The van der Waals surface area contributed by atoms with E-state index < -0.39 is 13.9 Å². The van der Waals surface area contributed by atoms with Crippen molar-refractivity contribution in [2.45, 2.75) is 187 Å². The number of nitrogens with zero attached hydrogens (tertiary/aromatic N) is 1. The van der Waals surface area contributed by atoms with Gasteiger partial charge in [-0.15, -0.1) is 0 Å². The topological polar surface area (TPSA) is 94.1 Å². The van der Waals surface area contributed by atoms with Crippen molar-refractivity contribution in [3.05, 3.63) is 36.5 Å². The van der Waals surface area contributed by atoms with Gasteiger partial charge in [-0.1, -0.05) is 147 Å². The van der Waals surface area contributed by atoms with Crippen molar-refractivity contribution in [2.24, 2.45) is 0 Å². The Labute approximate surface area is 327 Å². The Balaban J connectivity index is 4.27. The second-order valence-electron chi connectivity index (χ2n) is 15.7. The standard InChI is InChI=1S/C44H84NO7P/c1-6-8-10-12-14-16-18-20-22-23-25-27-29-31-33-35-37-44(46)52-43(42-51-53(47,48)50-40-38-45(3,4)5)41-49-39-36-34-32-30-28-26-24-21-19-17-15-13-11-9-7-2/h13,15,19,21-23,43H,6-12,14,16-18,20,24-42H2,1-5H3/b15-13-,21-19-,23-22-. The van der Waals surface area contributed by atoms with Crippen LogP contribution in [0, 0.1) is 0 Å². The van der Waals surface area contributed by atoms with E-state index in [1.165, 1.54) is 96.3 Å². The van der Waals surface area contributed by atoms with Gasteiger partial charge in [-0.2, -0.15) is 0 Å². The normalized spacial score (nSPS) is 14.2. The number of phosphoric acid groups is 1. The van der Waals surface area contributed by atoms with E-state index in [1.54, 1.807) is 0 Å². The number of quaternary nitrogens is 1. The molecule has 53 heavy (non-hydrogen) atoms. The first-order valence-corrected chi connectivity index (χ1v) is 23.2. The van der Waals surface area contributed by atoms with E-state index in [9.17, 15) is 14.3 Å². The van der Waals surface area contributed by atoms with Crippen LogP contribution < -0.4 is 4.89 Å². The maximum Gasteiger partial charge on any atom is 0.306 e. The molecule has 0 rings (SSSR count). The highest BCUT2D eigenvalue weighted by molar-refractivity contribution is 7.45. The van der Waals surface area contributed by atoms with E-state index in [2.05, 4.69) is 50.3 Å². The first-order chi connectivity index (χ1) is 25.6. The molecule has 2 unspecified atom stereocenters. The van der Waals surface area contributed by atoms with Gasteiger partial charge in [0, 0.05) is 13.0 Å². The van der Waals surface area contributed by atoms with Crippen molar-refractivity contribution in [3.8, 4) is 0 Å². The lowest BCUT2D eigenvalue weighted by molar-refractivity contribution is -0.870. The van der Waals surface area contributed by atoms with Gasteiger partial charge in [0.25, 0.3) is 7.82 Å². The van der Waals surface area contributed by atoms with E-state index in [0.29, 0.717) is 24.1 Å². The van der Waals surface area contributed by atoms with Crippen LogP contribution in [0.1, 0.15) is 181 Å². The van der Waals surface area contributed by atoms with Gasteiger partial charge in [0.05, 0.1) is 34.4 Å². The van der Waals surface area contributed by atoms with Gasteiger partial charge in [0.15, 0.2) is 0 Å². The minimum absolute atomic E-state index is 0.0221. The Hall–Kier alpha value is -1.28. The second-order valence-corrected chi connectivity index (χ2v) is 17.1. The lowest BCUT2D eigenvalue weighted by Crippen LogP contribution is -2.37. The molecule has 8 nitrogen and oxygen atoms in total. The molecule has 0 radical (unpaired) electrons. The van der Waals surface area contributed by atoms with Crippen LogP contribution in [0.4, 0.5) is 0 Å². The number of likely N-dealkylation sites (N-methyl/N-ethyl adjacent to an activating group) is 1. The monoisotopic (exact) mass is 770 g/mol. The number of carbonyl (C=O) groups is 1. The predicted molar refractivity (Wildman–Crippen MR) is 222 cm³/mol. The number of hydrogen-bond acceptors (Lipinski definition) is 7. The summed E-state index contributed by atoms with van der Waals surface area (Å²) in [7, 11) is 1.34. The summed E-state index contributed by atoms with van der Waals surface area (Å²) in [5.41, 5.74) is 0. The molecule has 0 N–H and O–H groups in total. The number of carbonyl (C=O) groups excluding carboxylic acids is 1. The number of hydrogen-bond donors (Lipinski definition) is 0. The molecule has 0 aromatic rings. The summed E-state index contributed by atoms with van der Waals surface area (Å²) < 4.78 is 34.5. The van der Waals surface area contributed by atoms with Crippen LogP contribution in [0.2, 0.25) is 0 Å². The summed E-state index contributed by atoms with van der Waals surface area (Å²) in [4.78, 5) is 25.0. The molecule has 0 aromatic heterocycles. The largest absolute Gasteiger partial charge is 0.756 e. The fourth-order valence-corrected chi connectivity index (χ4v) is 6.46. The highest BCUT2D eigenvalue weighted by atomic mass is 31.2. The number of allylic oxidation sites excluding steroid dienone is 6. The van der Waals surface area contributed by atoms with Gasteiger partial charge in [-0.25, -0.2) is 0 Å². The fraction of sp³-hybridized carbons (Fsp3) is 0.841. The van der Waals surface area contributed by atoms with Gasteiger partial charge in [-0.05, 0) is 64.2 Å². The third-order valence-electron chi connectivity index (χ3n) is 9.16. The van der Waals surface area contributed by atoms with Crippen LogP contribution >= 0.6 is 7.82 Å². The lowest BCUT2D eigenvalue weighted by Gasteiger charge is -2.28. The molecule has 0 fully saturated rings. The first kappa shape index (κ1) is 51.7. The molecular formula is C44H84NO7P. The molecule has 0 aliphatic rings. The zero-order chi connectivity index (χ0) is 39.1. The molecule has 0 heterocycles. The van der Waals surface area contributed by atoms with Crippen molar-refractivity contribution in [3.63, 3.8) is 0 Å². The zero-order valence-electron chi connectivity index (χ0n) is 35.2. The minimum atomic E-state index is -4.53. The number of esters is 1. The van der Waals surface area contributed by atoms with Crippen LogP contribution in [-0.4, -0.2) is 70.7 Å². The van der Waals surface area contributed by atoms with Crippen molar-refractivity contribution in [1.29, 1.82) is 0 Å². The van der Waals surface area contributed by atoms with E-state index >= 15 is 0 Å². The van der Waals surface area contributed by atoms with Gasteiger partial charge in [-0.3, -0.25) is 9.36 Å². The molecule has 0 saturated heterocycles. The molecule has 0 aliphatic carbocycles. The van der Waals surface area contributed by atoms with Crippen LogP contribution in [0.25, 0.3) is 0 Å². The number of phosphoric ester groups is 1. The summed E-state index contributed by atoms with van der Waals surface area (Å²) in [6.45, 7) is 5.34. The molecule has 312 valence electrons.